The number of hydrogen-bond acceptors (Lipinski definition) is 6. The number of rotatable bonds is 12. The maximum atomic E-state index is 11.2. The van der Waals surface area contributed by atoms with Crippen LogP contribution in [0.5, 0.6) is 0 Å². The lowest BCUT2D eigenvalue weighted by Crippen LogP contribution is -2.34. The van der Waals surface area contributed by atoms with Crippen LogP contribution in [0.4, 0.5) is 0 Å². The van der Waals surface area contributed by atoms with Crippen molar-refractivity contribution in [1.29, 1.82) is 0 Å². The minimum Gasteiger partial charge on any atom is -0.481 e. The summed E-state index contributed by atoms with van der Waals surface area (Å²) in [5, 5.41) is 8.43. The van der Waals surface area contributed by atoms with Gasteiger partial charge in [-0.15, -0.1) is 0 Å². The lowest BCUT2D eigenvalue weighted by molar-refractivity contribution is -0.148. The van der Waals surface area contributed by atoms with E-state index in [0.717, 1.165) is 13.1 Å². The predicted molar refractivity (Wildman–Crippen MR) is 68.0 cm³/mol. The van der Waals surface area contributed by atoms with Crippen LogP contribution >= 0.6 is 0 Å². The van der Waals surface area contributed by atoms with Gasteiger partial charge in [0.2, 0.25) is 0 Å². The average Bonchev–Trinajstić information content (AvgIpc) is 2.38. The number of aliphatic carboxylic acids is 1. The zero-order chi connectivity index (χ0) is 14.5. The molecular formula is C12H23NO6. The van der Waals surface area contributed by atoms with Gasteiger partial charge < -0.3 is 19.3 Å². The molecule has 1 N–H and O–H groups in total. The molecule has 0 bridgehead atoms. The summed E-state index contributed by atoms with van der Waals surface area (Å²) >= 11 is 0. The van der Waals surface area contributed by atoms with Crippen molar-refractivity contribution in [3.8, 4) is 0 Å². The van der Waals surface area contributed by atoms with Crippen LogP contribution in [0.1, 0.15) is 12.8 Å². The fraction of sp³-hybridized carbons (Fsp3) is 0.833. The Morgan fingerprint density at radius 1 is 0.947 bits per heavy atom. The highest BCUT2D eigenvalue weighted by Gasteiger charge is 2.08. The van der Waals surface area contributed by atoms with E-state index in [1.54, 1.807) is 14.2 Å². The van der Waals surface area contributed by atoms with Crippen LogP contribution in [0.2, 0.25) is 0 Å². The molecule has 0 unspecified atom stereocenters. The summed E-state index contributed by atoms with van der Waals surface area (Å²) in [6, 6.07) is 0. The fourth-order valence-electron chi connectivity index (χ4n) is 1.35. The summed E-state index contributed by atoms with van der Waals surface area (Å²) in [5.41, 5.74) is 0. The maximum Gasteiger partial charge on any atom is 0.306 e. The van der Waals surface area contributed by atoms with Crippen LogP contribution in [-0.4, -0.2) is 75.6 Å². The molecule has 0 spiro atoms. The average molecular weight is 277 g/mol. The van der Waals surface area contributed by atoms with E-state index in [1.807, 2.05) is 0 Å². The topological polar surface area (TPSA) is 85.3 Å². The third-order valence-electron chi connectivity index (χ3n) is 2.44. The molecule has 0 aliphatic carbocycles. The zero-order valence-electron chi connectivity index (χ0n) is 11.6. The van der Waals surface area contributed by atoms with Crippen molar-refractivity contribution >= 4 is 11.9 Å². The van der Waals surface area contributed by atoms with Gasteiger partial charge in [-0.1, -0.05) is 0 Å². The Kier molecular flexibility index (Phi) is 11.1. The first-order valence-corrected chi connectivity index (χ1v) is 6.17. The Balaban J connectivity index is 3.76. The van der Waals surface area contributed by atoms with Gasteiger partial charge in [0.25, 0.3) is 0 Å². The quantitative estimate of drug-likeness (QED) is 0.502. The smallest absolute Gasteiger partial charge is 0.306 e. The summed E-state index contributed by atoms with van der Waals surface area (Å²) in [4.78, 5) is 23.5. The van der Waals surface area contributed by atoms with Crippen molar-refractivity contribution < 1.29 is 28.9 Å². The number of hydrogen-bond donors (Lipinski definition) is 1. The molecule has 0 saturated heterocycles. The van der Waals surface area contributed by atoms with Crippen LogP contribution in [0, 0.1) is 0 Å². The largest absolute Gasteiger partial charge is 0.481 e. The molecule has 0 saturated carbocycles. The second kappa shape index (κ2) is 11.9. The number of carbonyl (C=O) groups excluding carboxylic acids is 1. The molecule has 0 amide bonds. The molecule has 0 aliphatic rings. The number of carboxylic acid groups (broad SMARTS) is 1. The van der Waals surface area contributed by atoms with Gasteiger partial charge in [-0.3, -0.25) is 14.5 Å². The van der Waals surface area contributed by atoms with Gasteiger partial charge in [0.1, 0.15) is 6.61 Å². The van der Waals surface area contributed by atoms with Gasteiger partial charge in [0, 0.05) is 33.9 Å². The summed E-state index contributed by atoms with van der Waals surface area (Å²) in [5.74, 6) is -1.49. The van der Waals surface area contributed by atoms with E-state index >= 15 is 0 Å². The van der Waals surface area contributed by atoms with Gasteiger partial charge in [-0.05, 0) is 0 Å². The molecule has 0 aromatic carbocycles. The van der Waals surface area contributed by atoms with E-state index in [4.69, 9.17) is 19.3 Å². The molecule has 0 atom stereocenters. The van der Waals surface area contributed by atoms with E-state index in [-0.39, 0.29) is 19.4 Å². The van der Waals surface area contributed by atoms with Gasteiger partial charge in [-0.2, -0.15) is 0 Å². The number of esters is 1. The normalized spacial score (nSPS) is 10.7. The van der Waals surface area contributed by atoms with E-state index in [9.17, 15) is 9.59 Å². The monoisotopic (exact) mass is 277 g/mol. The Bertz CT molecular complexity index is 251. The first kappa shape index (κ1) is 17.8. The number of carbonyl (C=O) groups is 2. The molecule has 112 valence electrons. The van der Waals surface area contributed by atoms with E-state index in [0.29, 0.717) is 19.8 Å². The van der Waals surface area contributed by atoms with Gasteiger partial charge in [0.15, 0.2) is 0 Å². The number of carboxylic acids is 1. The Morgan fingerprint density at radius 3 is 1.95 bits per heavy atom. The molecule has 0 aliphatic heterocycles. The predicted octanol–water partition coefficient (Wildman–Crippen LogP) is -0.0108. The molecule has 0 fully saturated rings. The maximum absolute atomic E-state index is 11.2. The Hall–Kier alpha value is -1.18. The Labute approximate surface area is 113 Å². The summed E-state index contributed by atoms with van der Waals surface area (Å²) < 4.78 is 14.9. The van der Waals surface area contributed by atoms with Crippen molar-refractivity contribution in [1.82, 2.24) is 4.90 Å². The van der Waals surface area contributed by atoms with Crippen LogP contribution in [0.3, 0.4) is 0 Å². The van der Waals surface area contributed by atoms with Crippen LogP contribution in [0.15, 0.2) is 0 Å². The van der Waals surface area contributed by atoms with Gasteiger partial charge in [-0.25, -0.2) is 0 Å². The SMILES string of the molecule is COCCN(CCOC)CCOC(=O)CCC(=O)O. The number of methoxy groups -OCH3 is 2. The molecule has 0 radical (unpaired) electrons. The molecular weight excluding hydrogens is 254 g/mol. The van der Waals surface area contributed by atoms with Crippen LogP contribution < -0.4 is 0 Å². The van der Waals surface area contributed by atoms with Crippen molar-refractivity contribution in [2.75, 3.05) is 53.7 Å². The summed E-state index contributed by atoms with van der Waals surface area (Å²) in [7, 11) is 3.25. The third-order valence-corrected chi connectivity index (χ3v) is 2.44. The molecule has 0 rings (SSSR count). The second-order valence-electron chi connectivity index (χ2n) is 3.94. The first-order chi connectivity index (χ1) is 9.10. The molecule has 0 aromatic heterocycles. The minimum atomic E-state index is -1.00. The highest BCUT2D eigenvalue weighted by molar-refractivity contribution is 5.76. The second-order valence-corrected chi connectivity index (χ2v) is 3.94. The molecule has 0 heterocycles. The molecule has 19 heavy (non-hydrogen) atoms. The summed E-state index contributed by atoms with van der Waals surface area (Å²) in [6.07, 6.45) is -0.290. The van der Waals surface area contributed by atoms with Crippen LogP contribution in [0.25, 0.3) is 0 Å². The molecule has 7 nitrogen and oxygen atoms in total. The van der Waals surface area contributed by atoms with Crippen LogP contribution in [-0.2, 0) is 23.8 Å². The van der Waals surface area contributed by atoms with Gasteiger partial charge in [0.05, 0.1) is 26.1 Å². The van der Waals surface area contributed by atoms with E-state index in [1.165, 1.54) is 0 Å². The van der Waals surface area contributed by atoms with Crippen molar-refractivity contribution in [2.24, 2.45) is 0 Å². The number of nitrogens with zero attached hydrogens (tertiary/aromatic N) is 1. The fourth-order valence-corrected chi connectivity index (χ4v) is 1.35. The third kappa shape index (κ3) is 11.6. The van der Waals surface area contributed by atoms with E-state index in [2.05, 4.69) is 4.90 Å². The lowest BCUT2D eigenvalue weighted by atomic mass is 10.3. The molecule has 7 heteroatoms. The van der Waals surface area contributed by atoms with Crippen molar-refractivity contribution in [3.05, 3.63) is 0 Å². The first-order valence-electron chi connectivity index (χ1n) is 6.17. The number of ether oxygens (including phenoxy) is 3. The lowest BCUT2D eigenvalue weighted by Gasteiger charge is -2.21. The highest BCUT2D eigenvalue weighted by Crippen LogP contribution is 1.95. The van der Waals surface area contributed by atoms with Crippen molar-refractivity contribution in [3.63, 3.8) is 0 Å². The minimum absolute atomic E-state index is 0.0918. The highest BCUT2D eigenvalue weighted by atomic mass is 16.5. The Morgan fingerprint density at radius 2 is 1.47 bits per heavy atom. The standard InChI is InChI=1S/C12H23NO6/c1-17-8-5-13(6-9-18-2)7-10-19-12(16)4-3-11(14)15/h3-10H2,1-2H3,(H,14,15). The summed E-state index contributed by atoms with van der Waals surface area (Å²) in [6.45, 7) is 3.46. The van der Waals surface area contributed by atoms with E-state index < -0.39 is 11.9 Å². The van der Waals surface area contributed by atoms with Gasteiger partial charge >= 0.3 is 11.9 Å². The van der Waals surface area contributed by atoms with Crippen molar-refractivity contribution in [2.45, 2.75) is 12.8 Å². The zero-order valence-corrected chi connectivity index (χ0v) is 11.6. The molecule has 0 aromatic rings.